The Morgan fingerprint density at radius 3 is 1.91 bits per heavy atom. The first-order valence-corrected chi connectivity index (χ1v) is 13.3. The molecular formula is C31H43N. The molecule has 2 aromatic rings. The Kier molecular flexibility index (Phi) is 10.3. The van der Waals surface area contributed by atoms with Crippen LogP contribution in [0.25, 0.3) is 0 Å². The van der Waals surface area contributed by atoms with Crippen LogP contribution in [0, 0.1) is 22.7 Å². The summed E-state index contributed by atoms with van der Waals surface area (Å²) in [5.74, 6) is 0.563. The summed E-state index contributed by atoms with van der Waals surface area (Å²) in [6, 6.07) is 24.3. The van der Waals surface area contributed by atoms with E-state index in [1.165, 1.54) is 81.8 Å². The molecule has 1 nitrogen and oxygen atoms in total. The van der Waals surface area contributed by atoms with E-state index in [0.717, 1.165) is 19.3 Å². The fourth-order valence-electron chi connectivity index (χ4n) is 5.94. The van der Waals surface area contributed by atoms with Gasteiger partial charge in [0.15, 0.2) is 0 Å². The second-order valence-corrected chi connectivity index (χ2v) is 10.2. The summed E-state index contributed by atoms with van der Waals surface area (Å²) in [6.07, 6.45) is 18.3. The molecule has 1 aliphatic carbocycles. The van der Waals surface area contributed by atoms with Gasteiger partial charge in [0, 0.05) is 11.8 Å². The Labute approximate surface area is 197 Å². The van der Waals surface area contributed by atoms with Crippen molar-refractivity contribution < 1.29 is 0 Å². The van der Waals surface area contributed by atoms with E-state index >= 15 is 0 Å². The first-order chi connectivity index (χ1) is 15.8. The third-order valence-corrected chi connectivity index (χ3v) is 7.87. The molecule has 1 saturated carbocycles. The summed E-state index contributed by atoms with van der Waals surface area (Å²) in [4.78, 5) is 0. The largest absolute Gasteiger partial charge is 0.198 e. The van der Waals surface area contributed by atoms with E-state index in [1.807, 2.05) is 0 Å². The predicted octanol–water partition coefficient (Wildman–Crippen LogP) is 9.44. The van der Waals surface area contributed by atoms with Crippen molar-refractivity contribution in [3.8, 4) is 6.07 Å². The van der Waals surface area contributed by atoms with Gasteiger partial charge >= 0.3 is 0 Å². The van der Waals surface area contributed by atoms with Gasteiger partial charge in [0.05, 0.1) is 6.07 Å². The number of hydrogen-bond acceptors (Lipinski definition) is 1. The molecule has 0 aliphatic heterocycles. The van der Waals surface area contributed by atoms with E-state index in [0.29, 0.717) is 11.3 Å². The van der Waals surface area contributed by atoms with Gasteiger partial charge in [0.25, 0.3) is 0 Å². The van der Waals surface area contributed by atoms with E-state index in [1.54, 1.807) is 0 Å². The molecule has 0 saturated heterocycles. The van der Waals surface area contributed by atoms with Crippen molar-refractivity contribution in [2.24, 2.45) is 11.3 Å². The lowest BCUT2D eigenvalue weighted by Crippen LogP contribution is -2.24. The van der Waals surface area contributed by atoms with Crippen molar-refractivity contribution in [1.82, 2.24) is 0 Å². The van der Waals surface area contributed by atoms with Gasteiger partial charge in [-0.25, -0.2) is 0 Å². The molecule has 0 aromatic heterocycles. The molecule has 1 atom stereocenters. The third kappa shape index (κ3) is 7.51. The van der Waals surface area contributed by atoms with Crippen LogP contribution in [0.2, 0.25) is 0 Å². The molecule has 172 valence electrons. The van der Waals surface area contributed by atoms with Crippen LogP contribution in [0.4, 0.5) is 0 Å². The van der Waals surface area contributed by atoms with E-state index < -0.39 is 0 Å². The summed E-state index contributed by atoms with van der Waals surface area (Å²) in [7, 11) is 0. The monoisotopic (exact) mass is 429 g/mol. The van der Waals surface area contributed by atoms with Crippen molar-refractivity contribution in [3.63, 3.8) is 0 Å². The molecule has 0 bridgehead atoms. The van der Waals surface area contributed by atoms with Crippen LogP contribution in [0.1, 0.15) is 114 Å². The third-order valence-electron chi connectivity index (χ3n) is 7.87. The maximum Gasteiger partial charge on any atom is 0.0655 e. The van der Waals surface area contributed by atoms with E-state index in [-0.39, 0.29) is 5.92 Å². The highest BCUT2D eigenvalue weighted by molar-refractivity contribution is 5.32. The number of rotatable bonds is 13. The van der Waals surface area contributed by atoms with Gasteiger partial charge in [0.1, 0.15) is 0 Å². The minimum absolute atomic E-state index is 0.182. The molecule has 0 radical (unpaired) electrons. The zero-order valence-corrected chi connectivity index (χ0v) is 20.3. The van der Waals surface area contributed by atoms with Gasteiger partial charge in [-0.1, -0.05) is 113 Å². The predicted molar refractivity (Wildman–Crippen MR) is 137 cm³/mol. The lowest BCUT2D eigenvalue weighted by atomic mass is 9.67. The SMILES string of the molecule is CCCCCC1(CCCC(C#N)CCC(c2ccccc2)c2ccccc2)CCCCC1. The normalized spacial score (nSPS) is 16.5. The number of benzene rings is 2. The Balaban J connectivity index is 1.55. The number of nitriles is 1. The minimum atomic E-state index is 0.182. The Bertz CT molecular complexity index is 743. The molecule has 1 unspecified atom stereocenters. The highest BCUT2D eigenvalue weighted by Gasteiger charge is 2.31. The standard InChI is InChI=1S/C31H43N/c1-2-3-11-22-31(23-12-6-13-24-31)25-14-15-27(26-32)20-21-30(28-16-7-4-8-17-28)29-18-9-5-10-19-29/h4-5,7-10,16-19,27,30H,2-3,6,11-15,20-25H2,1H3. The van der Waals surface area contributed by atoms with E-state index in [2.05, 4.69) is 73.7 Å². The summed E-state index contributed by atoms with van der Waals surface area (Å²) < 4.78 is 0. The zero-order valence-electron chi connectivity index (χ0n) is 20.3. The zero-order chi connectivity index (χ0) is 22.5. The van der Waals surface area contributed by atoms with Crippen molar-refractivity contribution in [2.45, 2.75) is 103 Å². The Hall–Kier alpha value is -2.07. The molecule has 1 aliphatic rings. The fraction of sp³-hybridized carbons (Fsp3) is 0.581. The van der Waals surface area contributed by atoms with Gasteiger partial charge in [-0.05, 0) is 61.5 Å². The number of unbranched alkanes of at least 4 members (excludes halogenated alkanes) is 2. The Morgan fingerprint density at radius 1 is 0.750 bits per heavy atom. The highest BCUT2D eigenvalue weighted by Crippen LogP contribution is 2.45. The maximum atomic E-state index is 9.90. The smallest absolute Gasteiger partial charge is 0.0655 e. The maximum absolute atomic E-state index is 9.90. The molecule has 32 heavy (non-hydrogen) atoms. The van der Waals surface area contributed by atoms with Crippen molar-refractivity contribution in [3.05, 3.63) is 71.8 Å². The van der Waals surface area contributed by atoms with Gasteiger partial charge in [-0.15, -0.1) is 0 Å². The fourth-order valence-corrected chi connectivity index (χ4v) is 5.94. The first-order valence-electron chi connectivity index (χ1n) is 13.3. The highest BCUT2D eigenvalue weighted by atomic mass is 14.4. The summed E-state index contributed by atoms with van der Waals surface area (Å²) in [5, 5.41) is 9.90. The van der Waals surface area contributed by atoms with Crippen LogP contribution >= 0.6 is 0 Å². The molecular weight excluding hydrogens is 386 g/mol. The lowest BCUT2D eigenvalue weighted by molar-refractivity contribution is 0.145. The lowest BCUT2D eigenvalue weighted by Gasteiger charge is -2.38. The van der Waals surface area contributed by atoms with E-state index in [4.69, 9.17) is 0 Å². The number of hydrogen-bond donors (Lipinski definition) is 0. The second-order valence-electron chi connectivity index (χ2n) is 10.2. The Morgan fingerprint density at radius 2 is 1.34 bits per heavy atom. The van der Waals surface area contributed by atoms with Crippen molar-refractivity contribution in [1.29, 1.82) is 5.26 Å². The second kappa shape index (κ2) is 13.5. The van der Waals surface area contributed by atoms with Crippen LogP contribution in [-0.4, -0.2) is 0 Å². The number of nitrogens with zero attached hydrogens (tertiary/aromatic N) is 1. The van der Waals surface area contributed by atoms with Gasteiger partial charge in [-0.3, -0.25) is 0 Å². The van der Waals surface area contributed by atoms with Crippen LogP contribution in [-0.2, 0) is 0 Å². The van der Waals surface area contributed by atoms with Crippen LogP contribution < -0.4 is 0 Å². The topological polar surface area (TPSA) is 23.8 Å². The molecule has 3 rings (SSSR count). The summed E-state index contributed by atoms with van der Waals surface area (Å²) in [6.45, 7) is 2.31. The molecule has 1 heteroatoms. The van der Waals surface area contributed by atoms with Gasteiger partial charge in [-0.2, -0.15) is 5.26 Å². The van der Waals surface area contributed by atoms with Crippen LogP contribution in [0.5, 0.6) is 0 Å². The average molecular weight is 430 g/mol. The van der Waals surface area contributed by atoms with Crippen LogP contribution in [0.15, 0.2) is 60.7 Å². The quantitative estimate of drug-likeness (QED) is 0.291. The molecule has 0 N–H and O–H groups in total. The molecule has 0 spiro atoms. The van der Waals surface area contributed by atoms with Crippen LogP contribution in [0.3, 0.4) is 0 Å². The summed E-state index contributed by atoms with van der Waals surface area (Å²) in [5.41, 5.74) is 3.32. The van der Waals surface area contributed by atoms with Gasteiger partial charge < -0.3 is 0 Å². The van der Waals surface area contributed by atoms with E-state index in [9.17, 15) is 5.26 Å². The molecule has 1 fully saturated rings. The summed E-state index contributed by atoms with van der Waals surface area (Å²) >= 11 is 0. The van der Waals surface area contributed by atoms with Gasteiger partial charge in [0.2, 0.25) is 0 Å². The molecule has 2 aromatic carbocycles. The average Bonchev–Trinajstić information content (AvgIpc) is 2.85. The molecule has 0 heterocycles. The molecule has 0 amide bonds. The van der Waals surface area contributed by atoms with Crippen molar-refractivity contribution >= 4 is 0 Å². The van der Waals surface area contributed by atoms with Crippen molar-refractivity contribution in [2.75, 3.05) is 0 Å². The first kappa shape index (κ1) is 24.6. The minimum Gasteiger partial charge on any atom is -0.198 e.